The monoisotopic (exact) mass is 176 g/mol. The molecule has 0 aromatic rings. The molecule has 0 spiro atoms. The molecule has 1 heterocycles. The maximum atomic E-state index is 9.34. The second-order valence-electron chi connectivity index (χ2n) is 3.02. The molecule has 12 heavy (non-hydrogen) atoms. The first kappa shape index (κ1) is 9.92. The highest BCUT2D eigenvalue weighted by molar-refractivity contribution is 4.79. The summed E-state index contributed by atoms with van der Waals surface area (Å²) >= 11 is 0. The van der Waals surface area contributed by atoms with E-state index in [2.05, 4.69) is 0 Å². The van der Waals surface area contributed by atoms with Crippen LogP contribution in [0, 0.1) is 0 Å². The Hall–Kier alpha value is -0.160. The third-order valence-electron chi connectivity index (χ3n) is 2.03. The fraction of sp³-hybridized carbons (Fsp3) is 1.00. The van der Waals surface area contributed by atoms with Crippen molar-refractivity contribution in [1.29, 1.82) is 0 Å². The van der Waals surface area contributed by atoms with Crippen molar-refractivity contribution in [3.05, 3.63) is 0 Å². The van der Waals surface area contributed by atoms with Crippen molar-refractivity contribution >= 4 is 0 Å². The highest BCUT2D eigenvalue weighted by Gasteiger charge is 2.34. The summed E-state index contributed by atoms with van der Waals surface area (Å²) in [6, 6.07) is 0. The van der Waals surface area contributed by atoms with Crippen LogP contribution in [0.15, 0.2) is 0 Å². The van der Waals surface area contributed by atoms with Crippen LogP contribution >= 0.6 is 0 Å². The van der Waals surface area contributed by atoms with E-state index in [-0.39, 0.29) is 12.4 Å². The first-order valence-corrected chi connectivity index (χ1v) is 4.28. The number of hydrogen-bond donors (Lipinski definition) is 2. The van der Waals surface area contributed by atoms with Crippen LogP contribution in [0.4, 0.5) is 0 Å². The number of aliphatic hydroxyl groups is 2. The summed E-state index contributed by atoms with van der Waals surface area (Å²) in [5.74, 6) is 0. The maximum absolute atomic E-state index is 9.34. The van der Waals surface area contributed by atoms with Gasteiger partial charge < -0.3 is 19.7 Å². The minimum Gasteiger partial charge on any atom is -0.390 e. The van der Waals surface area contributed by atoms with Gasteiger partial charge in [-0.2, -0.15) is 0 Å². The summed E-state index contributed by atoms with van der Waals surface area (Å²) in [5.41, 5.74) is 0. The summed E-state index contributed by atoms with van der Waals surface area (Å²) in [5, 5.41) is 18.6. The second-order valence-corrected chi connectivity index (χ2v) is 3.02. The molecule has 0 aromatic carbocycles. The van der Waals surface area contributed by atoms with Crippen LogP contribution < -0.4 is 0 Å². The van der Waals surface area contributed by atoms with Crippen LogP contribution in [-0.4, -0.2) is 41.4 Å². The van der Waals surface area contributed by atoms with Gasteiger partial charge in [-0.1, -0.05) is 0 Å². The van der Waals surface area contributed by atoms with Crippen molar-refractivity contribution in [1.82, 2.24) is 0 Å². The molecular formula is C8H16O4. The van der Waals surface area contributed by atoms with Gasteiger partial charge in [-0.3, -0.25) is 0 Å². The van der Waals surface area contributed by atoms with Crippen molar-refractivity contribution < 1.29 is 19.7 Å². The van der Waals surface area contributed by atoms with Crippen molar-refractivity contribution in [2.75, 3.05) is 6.61 Å². The summed E-state index contributed by atoms with van der Waals surface area (Å²) < 4.78 is 10.5. The van der Waals surface area contributed by atoms with Gasteiger partial charge in [0.15, 0.2) is 6.29 Å². The molecule has 1 aliphatic heterocycles. The molecule has 1 fully saturated rings. The fourth-order valence-electron chi connectivity index (χ4n) is 1.32. The van der Waals surface area contributed by atoms with Crippen LogP contribution in [0.25, 0.3) is 0 Å². The predicted molar refractivity (Wildman–Crippen MR) is 42.6 cm³/mol. The number of hydrogen-bond acceptors (Lipinski definition) is 4. The van der Waals surface area contributed by atoms with Crippen molar-refractivity contribution in [2.45, 2.75) is 44.9 Å². The number of rotatable bonds is 2. The van der Waals surface area contributed by atoms with E-state index < -0.39 is 12.2 Å². The standard InChI is InChI=1S/C8H16O4/c1-3-11-7-4-6(9)8(10)5(2)12-7/h5-10H,3-4H2,1-2H3/t5-,6-,7-,8-/m1/s1. The van der Waals surface area contributed by atoms with E-state index in [1.807, 2.05) is 6.92 Å². The molecule has 0 bridgehead atoms. The summed E-state index contributed by atoms with van der Waals surface area (Å²) in [4.78, 5) is 0. The lowest BCUT2D eigenvalue weighted by atomic mass is 10.0. The molecule has 4 heteroatoms. The normalized spacial score (nSPS) is 43.0. The van der Waals surface area contributed by atoms with Crippen molar-refractivity contribution in [2.24, 2.45) is 0 Å². The lowest BCUT2D eigenvalue weighted by Gasteiger charge is -2.34. The van der Waals surface area contributed by atoms with Gasteiger partial charge in [0.05, 0.1) is 12.2 Å². The second kappa shape index (κ2) is 4.18. The molecule has 0 radical (unpaired) electrons. The molecule has 4 atom stereocenters. The molecule has 72 valence electrons. The third-order valence-corrected chi connectivity index (χ3v) is 2.03. The van der Waals surface area contributed by atoms with E-state index in [1.165, 1.54) is 0 Å². The minimum absolute atomic E-state index is 0.347. The quantitative estimate of drug-likeness (QED) is 0.616. The average molecular weight is 176 g/mol. The van der Waals surface area contributed by atoms with E-state index >= 15 is 0 Å². The summed E-state index contributed by atoms with van der Waals surface area (Å²) in [6.07, 6.45) is -1.90. The van der Waals surface area contributed by atoms with Crippen LogP contribution in [0.5, 0.6) is 0 Å². The molecule has 0 aliphatic carbocycles. The minimum atomic E-state index is -0.790. The number of aliphatic hydroxyl groups excluding tert-OH is 2. The van der Waals surface area contributed by atoms with E-state index in [1.54, 1.807) is 6.92 Å². The van der Waals surface area contributed by atoms with Crippen molar-refractivity contribution in [3.63, 3.8) is 0 Å². The van der Waals surface area contributed by atoms with Gasteiger partial charge in [0.25, 0.3) is 0 Å². The van der Waals surface area contributed by atoms with Crippen LogP contribution in [0.3, 0.4) is 0 Å². The van der Waals surface area contributed by atoms with E-state index in [0.29, 0.717) is 13.0 Å². The molecule has 0 saturated carbocycles. The van der Waals surface area contributed by atoms with Gasteiger partial charge in [-0.15, -0.1) is 0 Å². The third kappa shape index (κ3) is 2.17. The molecule has 1 rings (SSSR count). The molecule has 0 amide bonds. The molecule has 4 nitrogen and oxygen atoms in total. The summed E-state index contributed by atoms with van der Waals surface area (Å²) in [6.45, 7) is 4.14. The zero-order valence-electron chi connectivity index (χ0n) is 7.43. The van der Waals surface area contributed by atoms with Crippen LogP contribution in [-0.2, 0) is 9.47 Å². The Labute approximate surface area is 72.1 Å². The van der Waals surface area contributed by atoms with E-state index in [0.717, 1.165) is 0 Å². The molecular weight excluding hydrogens is 160 g/mol. The van der Waals surface area contributed by atoms with Gasteiger partial charge in [0, 0.05) is 13.0 Å². The molecule has 0 aromatic heterocycles. The van der Waals surface area contributed by atoms with Gasteiger partial charge in [0.2, 0.25) is 0 Å². The number of ether oxygens (including phenoxy) is 2. The largest absolute Gasteiger partial charge is 0.390 e. The van der Waals surface area contributed by atoms with Gasteiger partial charge >= 0.3 is 0 Å². The van der Waals surface area contributed by atoms with Gasteiger partial charge in [-0.25, -0.2) is 0 Å². The Kier molecular flexibility index (Phi) is 3.46. The van der Waals surface area contributed by atoms with E-state index in [4.69, 9.17) is 9.47 Å². The SMILES string of the molecule is CCO[C@H]1C[C@@H](O)[C@H](O)[C@@H](C)O1. The zero-order valence-corrected chi connectivity index (χ0v) is 7.43. The molecule has 0 unspecified atom stereocenters. The Morgan fingerprint density at radius 1 is 1.50 bits per heavy atom. The fourth-order valence-corrected chi connectivity index (χ4v) is 1.32. The van der Waals surface area contributed by atoms with Crippen molar-refractivity contribution in [3.8, 4) is 0 Å². The Balaban J connectivity index is 2.42. The first-order chi connectivity index (χ1) is 5.65. The van der Waals surface area contributed by atoms with Gasteiger partial charge in [0.1, 0.15) is 6.10 Å². The Morgan fingerprint density at radius 2 is 2.17 bits per heavy atom. The Morgan fingerprint density at radius 3 is 2.67 bits per heavy atom. The van der Waals surface area contributed by atoms with Crippen LogP contribution in [0.2, 0.25) is 0 Å². The van der Waals surface area contributed by atoms with Crippen LogP contribution in [0.1, 0.15) is 20.3 Å². The molecule has 2 N–H and O–H groups in total. The predicted octanol–water partition coefficient (Wildman–Crippen LogP) is -0.120. The lowest BCUT2D eigenvalue weighted by molar-refractivity contribution is -0.244. The van der Waals surface area contributed by atoms with E-state index in [9.17, 15) is 10.2 Å². The maximum Gasteiger partial charge on any atom is 0.160 e. The zero-order chi connectivity index (χ0) is 9.14. The summed E-state index contributed by atoms with van der Waals surface area (Å²) in [7, 11) is 0. The smallest absolute Gasteiger partial charge is 0.160 e. The Bertz CT molecular complexity index is 127. The first-order valence-electron chi connectivity index (χ1n) is 4.28. The average Bonchev–Trinajstić information content (AvgIpc) is 2.01. The molecule has 1 saturated heterocycles. The molecule has 1 aliphatic rings. The highest BCUT2D eigenvalue weighted by atomic mass is 16.7. The lowest BCUT2D eigenvalue weighted by Crippen LogP contribution is -2.47. The van der Waals surface area contributed by atoms with Gasteiger partial charge in [-0.05, 0) is 13.8 Å². The topological polar surface area (TPSA) is 58.9 Å². The highest BCUT2D eigenvalue weighted by Crippen LogP contribution is 2.20.